The van der Waals surface area contributed by atoms with Crippen LogP contribution in [-0.4, -0.2) is 49.5 Å². The van der Waals surface area contributed by atoms with Gasteiger partial charge in [-0.3, -0.25) is 24.0 Å². The molecule has 2 aromatic heterocycles. The van der Waals surface area contributed by atoms with E-state index < -0.39 is 11.2 Å². The SMILES string of the molecule is CCCCn1c(=O)[nH]c(=O)c2c1nc(CN1CCCC(C(=O)NCC)C1)n2CC. The third-order valence-corrected chi connectivity index (χ3v) is 5.61. The number of aromatic amines is 1. The number of rotatable bonds is 8. The van der Waals surface area contributed by atoms with Crippen molar-refractivity contribution in [2.75, 3.05) is 19.6 Å². The number of unbranched alkanes of at least 4 members (excludes halogenated alkanes) is 1. The second kappa shape index (κ2) is 9.39. The van der Waals surface area contributed by atoms with Gasteiger partial charge in [0.2, 0.25) is 5.91 Å². The van der Waals surface area contributed by atoms with Crippen molar-refractivity contribution in [3.8, 4) is 0 Å². The summed E-state index contributed by atoms with van der Waals surface area (Å²) in [6, 6.07) is 0. The summed E-state index contributed by atoms with van der Waals surface area (Å²) in [6.07, 6.45) is 3.64. The minimum atomic E-state index is -0.405. The summed E-state index contributed by atoms with van der Waals surface area (Å²) in [4.78, 5) is 46.5. The highest BCUT2D eigenvalue weighted by Crippen LogP contribution is 2.20. The number of hydrogen-bond acceptors (Lipinski definition) is 5. The quantitative estimate of drug-likeness (QED) is 0.684. The van der Waals surface area contributed by atoms with Crippen LogP contribution in [0, 0.1) is 5.92 Å². The lowest BCUT2D eigenvalue weighted by Gasteiger charge is -2.31. The maximum absolute atomic E-state index is 12.5. The van der Waals surface area contributed by atoms with Gasteiger partial charge < -0.3 is 9.88 Å². The van der Waals surface area contributed by atoms with Crippen LogP contribution in [0.5, 0.6) is 0 Å². The fourth-order valence-electron chi connectivity index (χ4n) is 4.13. The van der Waals surface area contributed by atoms with Crippen molar-refractivity contribution in [3.63, 3.8) is 0 Å². The number of imidazole rings is 1. The minimum absolute atomic E-state index is 0.0192. The summed E-state index contributed by atoms with van der Waals surface area (Å²) in [5, 5.41) is 2.91. The Labute approximate surface area is 170 Å². The highest BCUT2D eigenvalue weighted by molar-refractivity contribution is 5.78. The monoisotopic (exact) mass is 404 g/mol. The molecule has 1 aliphatic rings. The largest absolute Gasteiger partial charge is 0.356 e. The molecule has 160 valence electrons. The third kappa shape index (κ3) is 4.44. The van der Waals surface area contributed by atoms with E-state index in [0.717, 1.165) is 38.1 Å². The molecule has 9 nitrogen and oxygen atoms in total. The van der Waals surface area contributed by atoms with Gasteiger partial charge >= 0.3 is 5.69 Å². The van der Waals surface area contributed by atoms with Crippen molar-refractivity contribution in [1.29, 1.82) is 0 Å². The number of nitrogens with one attached hydrogen (secondary N) is 2. The van der Waals surface area contributed by atoms with E-state index in [1.807, 2.05) is 18.4 Å². The summed E-state index contributed by atoms with van der Waals surface area (Å²) >= 11 is 0. The molecular formula is C20H32N6O3. The zero-order chi connectivity index (χ0) is 21.0. The molecular weight excluding hydrogens is 372 g/mol. The number of fused-ring (bicyclic) bond motifs is 1. The highest BCUT2D eigenvalue weighted by Gasteiger charge is 2.27. The first-order valence-electron chi connectivity index (χ1n) is 10.7. The number of carbonyl (C=O) groups excluding carboxylic acids is 1. The van der Waals surface area contributed by atoms with E-state index in [4.69, 9.17) is 4.98 Å². The lowest BCUT2D eigenvalue weighted by Crippen LogP contribution is -2.43. The van der Waals surface area contributed by atoms with Gasteiger partial charge in [-0.2, -0.15) is 0 Å². The first-order valence-corrected chi connectivity index (χ1v) is 10.7. The maximum atomic E-state index is 12.5. The summed E-state index contributed by atoms with van der Waals surface area (Å²) in [5.41, 5.74) is 0.117. The first kappa shape index (κ1) is 21.3. The Morgan fingerprint density at radius 2 is 2.03 bits per heavy atom. The van der Waals surface area contributed by atoms with Crippen LogP contribution in [0.4, 0.5) is 0 Å². The minimum Gasteiger partial charge on any atom is -0.356 e. The molecule has 0 radical (unpaired) electrons. The van der Waals surface area contributed by atoms with E-state index >= 15 is 0 Å². The second-order valence-corrected chi connectivity index (χ2v) is 7.68. The summed E-state index contributed by atoms with van der Waals surface area (Å²) in [6.45, 7) is 9.85. The first-order chi connectivity index (χ1) is 14.0. The summed E-state index contributed by atoms with van der Waals surface area (Å²) in [7, 11) is 0. The standard InChI is InChI=1S/C20H32N6O3/c1-4-7-11-26-17-16(19(28)23-20(26)29)25(6-3)15(22-17)13-24-10-8-9-14(12-24)18(27)21-5-2/h14H,4-13H2,1-3H3,(H,21,27)(H,23,28,29). The Morgan fingerprint density at radius 1 is 1.24 bits per heavy atom. The highest BCUT2D eigenvalue weighted by atomic mass is 16.2. The average molecular weight is 405 g/mol. The zero-order valence-electron chi connectivity index (χ0n) is 17.7. The molecule has 0 saturated carbocycles. The summed E-state index contributed by atoms with van der Waals surface area (Å²) in [5.74, 6) is 0.848. The zero-order valence-corrected chi connectivity index (χ0v) is 17.7. The molecule has 0 aromatic carbocycles. The lowest BCUT2D eigenvalue weighted by atomic mass is 9.97. The van der Waals surface area contributed by atoms with Crippen LogP contribution in [0.3, 0.4) is 0 Å². The molecule has 29 heavy (non-hydrogen) atoms. The summed E-state index contributed by atoms with van der Waals surface area (Å²) < 4.78 is 3.47. The normalized spacial score (nSPS) is 17.7. The van der Waals surface area contributed by atoms with Crippen LogP contribution in [0.15, 0.2) is 9.59 Å². The predicted molar refractivity (Wildman–Crippen MR) is 112 cm³/mol. The predicted octanol–water partition coefficient (Wildman–Crippen LogP) is 1.05. The third-order valence-electron chi connectivity index (χ3n) is 5.61. The maximum Gasteiger partial charge on any atom is 0.330 e. The molecule has 1 unspecified atom stereocenters. The number of H-pyrrole nitrogens is 1. The van der Waals surface area contributed by atoms with Gasteiger partial charge in [0.05, 0.1) is 12.5 Å². The van der Waals surface area contributed by atoms with Gasteiger partial charge in [0.15, 0.2) is 11.2 Å². The van der Waals surface area contributed by atoms with Gasteiger partial charge in [-0.05, 0) is 39.7 Å². The molecule has 2 aromatic rings. The molecule has 3 heterocycles. The van der Waals surface area contributed by atoms with Crippen LogP contribution >= 0.6 is 0 Å². The fraction of sp³-hybridized carbons (Fsp3) is 0.700. The molecule has 0 spiro atoms. The number of amides is 1. The van der Waals surface area contributed by atoms with E-state index in [1.165, 1.54) is 0 Å². The Kier molecular flexibility index (Phi) is 6.89. The van der Waals surface area contributed by atoms with Gasteiger partial charge in [0.25, 0.3) is 5.56 Å². The number of likely N-dealkylation sites (tertiary alicyclic amines) is 1. The van der Waals surface area contributed by atoms with Gasteiger partial charge in [0.1, 0.15) is 5.82 Å². The Bertz CT molecular complexity index is 973. The molecule has 3 rings (SSSR count). The number of hydrogen-bond donors (Lipinski definition) is 2. The Morgan fingerprint density at radius 3 is 2.72 bits per heavy atom. The Hall–Kier alpha value is -2.42. The number of piperidine rings is 1. The van der Waals surface area contributed by atoms with Crippen molar-refractivity contribution in [3.05, 3.63) is 26.7 Å². The van der Waals surface area contributed by atoms with Crippen LogP contribution in [-0.2, 0) is 24.4 Å². The lowest BCUT2D eigenvalue weighted by molar-refractivity contribution is -0.126. The fourth-order valence-corrected chi connectivity index (χ4v) is 4.13. The topological polar surface area (TPSA) is 105 Å². The van der Waals surface area contributed by atoms with Crippen molar-refractivity contribution >= 4 is 17.1 Å². The van der Waals surface area contributed by atoms with E-state index in [9.17, 15) is 14.4 Å². The smallest absolute Gasteiger partial charge is 0.330 e. The van der Waals surface area contributed by atoms with Gasteiger partial charge in [-0.15, -0.1) is 0 Å². The molecule has 1 atom stereocenters. The van der Waals surface area contributed by atoms with Crippen LogP contribution in [0.25, 0.3) is 11.2 Å². The van der Waals surface area contributed by atoms with E-state index in [1.54, 1.807) is 4.57 Å². The van der Waals surface area contributed by atoms with Crippen LogP contribution < -0.4 is 16.6 Å². The Balaban J connectivity index is 1.93. The van der Waals surface area contributed by atoms with Gasteiger partial charge in [-0.25, -0.2) is 9.78 Å². The number of aryl methyl sites for hydroxylation is 2. The molecule has 0 aliphatic carbocycles. The molecule has 1 amide bonds. The molecule has 1 fully saturated rings. The van der Waals surface area contributed by atoms with E-state index in [2.05, 4.69) is 22.1 Å². The van der Waals surface area contributed by atoms with Crippen LogP contribution in [0.1, 0.15) is 52.3 Å². The second-order valence-electron chi connectivity index (χ2n) is 7.68. The molecule has 1 saturated heterocycles. The molecule has 2 N–H and O–H groups in total. The van der Waals surface area contributed by atoms with Crippen molar-refractivity contribution < 1.29 is 4.79 Å². The number of nitrogens with zero attached hydrogens (tertiary/aromatic N) is 4. The van der Waals surface area contributed by atoms with Crippen molar-refractivity contribution in [1.82, 2.24) is 29.3 Å². The van der Waals surface area contributed by atoms with Gasteiger partial charge in [-0.1, -0.05) is 13.3 Å². The van der Waals surface area contributed by atoms with Crippen LogP contribution in [0.2, 0.25) is 0 Å². The average Bonchev–Trinajstić information content (AvgIpc) is 3.06. The molecule has 0 bridgehead atoms. The molecule has 1 aliphatic heterocycles. The van der Waals surface area contributed by atoms with E-state index in [-0.39, 0.29) is 11.8 Å². The van der Waals surface area contributed by atoms with Crippen molar-refractivity contribution in [2.24, 2.45) is 5.92 Å². The van der Waals surface area contributed by atoms with Crippen molar-refractivity contribution in [2.45, 2.75) is 66.1 Å². The van der Waals surface area contributed by atoms with Gasteiger partial charge in [0, 0.05) is 26.2 Å². The molecule has 9 heteroatoms. The number of carbonyl (C=O) groups is 1. The van der Waals surface area contributed by atoms with E-state index in [0.29, 0.717) is 43.9 Å². The number of aromatic nitrogens is 4.